The molecule has 1 N–H and O–H groups in total. The highest BCUT2D eigenvalue weighted by Crippen LogP contribution is 2.29. The fraction of sp³-hybridized carbons (Fsp3) is 0.462. The summed E-state index contributed by atoms with van der Waals surface area (Å²) in [5.41, 5.74) is 0. The molecular weight excluding hydrogens is 204 g/mol. The predicted molar refractivity (Wildman–Crippen MR) is 60.3 cm³/mol. The largest absolute Gasteiger partial charge is 0.504 e. The molecule has 86 valence electrons. The second kappa shape index (κ2) is 5.01. The first-order valence-corrected chi connectivity index (χ1v) is 5.77. The Morgan fingerprint density at radius 2 is 1.88 bits per heavy atom. The Hall–Kier alpha value is -1.51. The van der Waals surface area contributed by atoms with E-state index >= 15 is 0 Å². The number of phenols is 1. The number of carbonyl (C=O) groups is 1. The van der Waals surface area contributed by atoms with Crippen molar-refractivity contribution in [3.63, 3.8) is 0 Å². The van der Waals surface area contributed by atoms with Gasteiger partial charge in [0.1, 0.15) is 0 Å². The van der Waals surface area contributed by atoms with Crippen molar-refractivity contribution in [2.45, 2.75) is 32.1 Å². The molecule has 1 saturated carbocycles. The van der Waals surface area contributed by atoms with Crippen LogP contribution in [0.2, 0.25) is 0 Å². The van der Waals surface area contributed by atoms with Gasteiger partial charge in [0.05, 0.1) is 5.92 Å². The maximum atomic E-state index is 11.8. The number of para-hydroxylation sites is 2. The van der Waals surface area contributed by atoms with Gasteiger partial charge in [0.15, 0.2) is 11.5 Å². The van der Waals surface area contributed by atoms with Crippen molar-refractivity contribution in [2.75, 3.05) is 0 Å². The minimum atomic E-state index is -0.207. The molecule has 0 amide bonds. The van der Waals surface area contributed by atoms with E-state index in [9.17, 15) is 9.90 Å². The van der Waals surface area contributed by atoms with E-state index in [1.807, 2.05) is 0 Å². The third kappa shape index (κ3) is 2.54. The summed E-state index contributed by atoms with van der Waals surface area (Å²) in [4.78, 5) is 11.8. The Kier molecular flexibility index (Phi) is 3.44. The number of phenolic OH excluding ortho intramolecular Hbond substituents is 1. The number of rotatable bonds is 2. The van der Waals surface area contributed by atoms with E-state index in [0.29, 0.717) is 0 Å². The zero-order valence-corrected chi connectivity index (χ0v) is 9.19. The van der Waals surface area contributed by atoms with E-state index in [-0.39, 0.29) is 23.4 Å². The van der Waals surface area contributed by atoms with Gasteiger partial charge in [-0.15, -0.1) is 0 Å². The van der Waals surface area contributed by atoms with E-state index in [2.05, 4.69) is 0 Å². The molecule has 0 bridgehead atoms. The van der Waals surface area contributed by atoms with Crippen LogP contribution in [-0.2, 0) is 4.79 Å². The van der Waals surface area contributed by atoms with Gasteiger partial charge < -0.3 is 9.84 Å². The molecular formula is C13H16O3. The summed E-state index contributed by atoms with van der Waals surface area (Å²) in [6.45, 7) is 0. The number of hydrogen-bond acceptors (Lipinski definition) is 3. The fourth-order valence-electron chi connectivity index (χ4n) is 2.07. The molecule has 1 aliphatic carbocycles. The average Bonchev–Trinajstić information content (AvgIpc) is 2.33. The third-order valence-corrected chi connectivity index (χ3v) is 3.01. The predicted octanol–water partition coefficient (Wildman–Crippen LogP) is 2.88. The van der Waals surface area contributed by atoms with Gasteiger partial charge in [-0.2, -0.15) is 0 Å². The standard InChI is InChI=1S/C13H16O3/c14-11-8-4-5-9-12(11)16-13(15)10-6-2-1-3-7-10/h4-5,8-10,14H,1-3,6-7H2. The zero-order valence-electron chi connectivity index (χ0n) is 9.19. The number of carbonyl (C=O) groups excluding carboxylic acids is 1. The normalized spacial score (nSPS) is 17.0. The highest BCUT2D eigenvalue weighted by Gasteiger charge is 2.23. The number of benzene rings is 1. The Balaban J connectivity index is 1.99. The van der Waals surface area contributed by atoms with Crippen LogP contribution in [0, 0.1) is 5.92 Å². The van der Waals surface area contributed by atoms with E-state index < -0.39 is 0 Å². The summed E-state index contributed by atoms with van der Waals surface area (Å²) in [5, 5.41) is 9.48. The highest BCUT2D eigenvalue weighted by molar-refractivity contribution is 5.75. The lowest BCUT2D eigenvalue weighted by Crippen LogP contribution is -2.22. The monoisotopic (exact) mass is 220 g/mol. The van der Waals surface area contributed by atoms with Gasteiger partial charge in [0, 0.05) is 0 Å². The van der Waals surface area contributed by atoms with Crippen LogP contribution in [0.5, 0.6) is 11.5 Å². The fourth-order valence-corrected chi connectivity index (χ4v) is 2.07. The zero-order chi connectivity index (χ0) is 11.4. The lowest BCUT2D eigenvalue weighted by molar-refractivity contribution is -0.140. The maximum Gasteiger partial charge on any atom is 0.314 e. The smallest absolute Gasteiger partial charge is 0.314 e. The van der Waals surface area contributed by atoms with Gasteiger partial charge in [-0.3, -0.25) is 4.79 Å². The highest BCUT2D eigenvalue weighted by atomic mass is 16.5. The van der Waals surface area contributed by atoms with E-state index in [0.717, 1.165) is 25.7 Å². The van der Waals surface area contributed by atoms with Gasteiger partial charge in [0.25, 0.3) is 0 Å². The number of esters is 1. The number of ether oxygens (including phenoxy) is 1. The van der Waals surface area contributed by atoms with Crippen molar-refractivity contribution in [1.29, 1.82) is 0 Å². The molecule has 16 heavy (non-hydrogen) atoms. The molecule has 3 nitrogen and oxygen atoms in total. The molecule has 0 spiro atoms. The summed E-state index contributed by atoms with van der Waals surface area (Å²) in [6.07, 6.45) is 5.22. The molecule has 0 radical (unpaired) electrons. The lowest BCUT2D eigenvalue weighted by atomic mass is 9.89. The van der Waals surface area contributed by atoms with Crippen LogP contribution in [0.15, 0.2) is 24.3 Å². The van der Waals surface area contributed by atoms with Crippen LogP contribution in [-0.4, -0.2) is 11.1 Å². The maximum absolute atomic E-state index is 11.8. The van der Waals surface area contributed by atoms with Crippen LogP contribution in [0.1, 0.15) is 32.1 Å². The van der Waals surface area contributed by atoms with E-state index in [1.54, 1.807) is 18.2 Å². The molecule has 0 heterocycles. The second-order valence-electron chi connectivity index (χ2n) is 4.22. The SMILES string of the molecule is O=C(Oc1ccccc1O)C1CCCCC1. The molecule has 3 heteroatoms. The van der Waals surface area contributed by atoms with Gasteiger partial charge in [-0.25, -0.2) is 0 Å². The van der Waals surface area contributed by atoms with Crippen molar-refractivity contribution in [2.24, 2.45) is 5.92 Å². The Morgan fingerprint density at radius 1 is 1.19 bits per heavy atom. The van der Waals surface area contributed by atoms with Crippen molar-refractivity contribution >= 4 is 5.97 Å². The minimum absolute atomic E-state index is 0.00774. The quantitative estimate of drug-likeness (QED) is 0.615. The van der Waals surface area contributed by atoms with Gasteiger partial charge >= 0.3 is 5.97 Å². The Labute approximate surface area is 95.0 Å². The second-order valence-corrected chi connectivity index (χ2v) is 4.22. The molecule has 0 aliphatic heterocycles. The summed E-state index contributed by atoms with van der Waals surface area (Å²) >= 11 is 0. The minimum Gasteiger partial charge on any atom is -0.504 e. The van der Waals surface area contributed by atoms with Crippen LogP contribution in [0.3, 0.4) is 0 Å². The molecule has 2 rings (SSSR count). The van der Waals surface area contributed by atoms with Crippen molar-refractivity contribution < 1.29 is 14.6 Å². The third-order valence-electron chi connectivity index (χ3n) is 3.01. The van der Waals surface area contributed by atoms with E-state index in [1.165, 1.54) is 12.5 Å². The Bertz CT molecular complexity index is 367. The van der Waals surface area contributed by atoms with Crippen LogP contribution in [0.4, 0.5) is 0 Å². The molecule has 1 fully saturated rings. The van der Waals surface area contributed by atoms with Crippen molar-refractivity contribution in [1.82, 2.24) is 0 Å². The van der Waals surface area contributed by atoms with Crippen LogP contribution >= 0.6 is 0 Å². The molecule has 0 aromatic heterocycles. The molecule has 0 saturated heterocycles. The summed E-state index contributed by atoms with van der Waals surface area (Å²) < 4.78 is 5.20. The number of hydrogen-bond donors (Lipinski definition) is 1. The van der Waals surface area contributed by atoms with Gasteiger partial charge in [-0.1, -0.05) is 31.4 Å². The summed E-state index contributed by atoms with van der Waals surface area (Å²) in [7, 11) is 0. The van der Waals surface area contributed by atoms with E-state index in [4.69, 9.17) is 4.74 Å². The molecule has 0 unspecified atom stereocenters. The van der Waals surface area contributed by atoms with Crippen molar-refractivity contribution in [3.8, 4) is 11.5 Å². The average molecular weight is 220 g/mol. The summed E-state index contributed by atoms with van der Waals surface area (Å²) in [6, 6.07) is 6.57. The first-order valence-electron chi connectivity index (χ1n) is 5.77. The number of aromatic hydroxyl groups is 1. The van der Waals surface area contributed by atoms with Gasteiger partial charge in [-0.05, 0) is 25.0 Å². The topological polar surface area (TPSA) is 46.5 Å². The van der Waals surface area contributed by atoms with Crippen LogP contribution in [0.25, 0.3) is 0 Å². The Morgan fingerprint density at radius 3 is 2.56 bits per heavy atom. The first-order chi connectivity index (χ1) is 7.77. The molecule has 0 atom stereocenters. The first kappa shape index (κ1) is 11.0. The molecule has 1 aromatic carbocycles. The molecule has 1 aliphatic rings. The lowest BCUT2D eigenvalue weighted by Gasteiger charge is -2.19. The molecule has 1 aromatic rings. The summed E-state index contributed by atoms with van der Waals surface area (Å²) in [5.74, 6) is 0.0827. The van der Waals surface area contributed by atoms with Crippen molar-refractivity contribution in [3.05, 3.63) is 24.3 Å². The van der Waals surface area contributed by atoms with Gasteiger partial charge in [0.2, 0.25) is 0 Å². The van der Waals surface area contributed by atoms with Crippen LogP contribution < -0.4 is 4.74 Å².